The van der Waals surface area contributed by atoms with Gasteiger partial charge in [0.25, 0.3) is 5.91 Å². The first-order valence-corrected chi connectivity index (χ1v) is 12.2. The molecule has 0 unspecified atom stereocenters. The highest BCUT2D eigenvalue weighted by Crippen LogP contribution is 2.31. The summed E-state index contributed by atoms with van der Waals surface area (Å²) in [7, 11) is 0. The van der Waals surface area contributed by atoms with Crippen LogP contribution in [0.4, 0.5) is 0 Å². The second-order valence-corrected chi connectivity index (χ2v) is 9.10. The molecule has 1 aromatic carbocycles. The predicted molar refractivity (Wildman–Crippen MR) is 132 cm³/mol. The first-order chi connectivity index (χ1) is 17.0. The van der Waals surface area contributed by atoms with Crippen LogP contribution in [-0.2, 0) is 16.0 Å². The summed E-state index contributed by atoms with van der Waals surface area (Å²) in [6.45, 7) is 1.76. The van der Waals surface area contributed by atoms with E-state index >= 15 is 0 Å². The molecule has 35 heavy (non-hydrogen) atoms. The average molecular weight is 517 g/mol. The van der Waals surface area contributed by atoms with Gasteiger partial charge >= 0.3 is 0 Å². The van der Waals surface area contributed by atoms with Gasteiger partial charge in [0.05, 0.1) is 11.1 Å². The Bertz CT molecular complexity index is 1150. The predicted octanol–water partition coefficient (Wildman–Crippen LogP) is 4.41. The smallest absolute Gasteiger partial charge is 0.276 e. The Morgan fingerprint density at radius 2 is 2.06 bits per heavy atom. The van der Waals surface area contributed by atoms with E-state index in [1.807, 2.05) is 18.2 Å². The van der Waals surface area contributed by atoms with E-state index in [-0.39, 0.29) is 36.6 Å². The summed E-state index contributed by atoms with van der Waals surface area (Å²) in [6, 6.07) is 12.2. The van der Waals surface area contributed by atoms with E-state index in [0.29, 0.717) is 47.5 Å². The minimum absolute atomic E-state index is 0.0664. The van der Waals surface area contributed by atoms with Crippen molar-refractivity contribution in [1.82, 2.24) is 20.4 Å². The van der Waals surface area contributed by atoms with Gasteiger partial charge in [0.2, 0.25) is 5.91 Å². The first kappa shape index (κ1) is 25.2. The van der Waals surface area contributed by atoms with E-state index in [4.69, 9.17) is 32.5 Å². The third-order valence-corrected chi connectivity index (χ3v) is 6.25. The molecular weight excluding hydrogens is 491 g/mol. The summed E-state index contributed by atoms with van der Waals surface area (Å²) in [4.78, 5) is 31.6. The Balaban J connectivity index is 1.38. The molecule has 184 valence electrons. The minimum Gasteiger partial charge on any atom is -0.376 e. The van der Waals surface area contributed by atoms with Crippen molar-refractivity contribution in [2.75, 3.05) is 26.2 Å². The van der Waals surface area contributed by atoms with Gasteiger partial charge in [-0.15, -0.1) is 0 Å². The lowest BCUT2D eigenvalue weighted by Crippen LogP contribution is -2.40. The number of carbonyl (C=O) groups is 2. The molecule has 1 aliphatic rings. The quantitative estimate of drug-likeness (QED) is 0.428. The molecule has 1 N–H and O–H groups in total. The van der Waals surface area contributed by atoms with Gasteiger partial charge in [0.15, 0.2) is 11.5 Å². The average Bonchev–Trinajstić information content (AvgIpc) is 3.54. The topological polar surface area (TPSA) is 97.6 Å². The Hall–Kier alpha value is -2.94. The van der Waals surface area contributed by atoms with Crippen LogP contribution in [0.15, 0.2) is 53.2 Å². The number of amides is 2. The van der Waals surface area contributed by atoms with Crippen LogP contribution < -0.4 is 5.32 Å². The van der Waals surface area contributed by atoms with Crippen LogP contribution in [0.5, 0.6) is 0 Å². The van der Waals surface area contributed by atoms with Crippen LogP contribution in [0.1, 0.15) is 35.4 Å². The molecule has 1 saturated heterocycles. The molecule has 0 spiro atoms. The molecule has 1 fully saturated rings. The van der Waals surface area contributed by atoms with Crippen molar-refractivity contribution >= 4 is 35.0 Å². The van der Waals surface area contributed by atoms with Crippen LogP contribution in [0.25, 0.3) is 11.3 Å². The molecule has 0 radical (unpaired) electrons. The van der Waals surface area contributed by atoms with Crippen molar-refractivity contribution in [3.8, 4) is 11.3 Å². The maximum atomic E-state index is 13.3. The van der Waals surface area contributed by atoms with Gasteiger partial charge in [-0.25, -0.2) is 0 Å². The normalized spacial score (nSPS) is 15.2. The minimum atomic E-state index is -0.332. The molecule has 0 saturated carbocycles. The Kier molecular flexibility index (Phi) is 8.74. The van der Waals surface area contributed by atoms with Crippen LogP contribution in [-0.4, -0.2) is 59.2 Å². The lowest BCUT2D eigenvalue weighted by molar-refractivity contribution is -0.121. The molecule has 2 aromatic heterocycles. The van der Waals surface area contributed by atoms with Gasteiger partial charge in [-0.05, 0) is 43.2 Å². The fourth-order valence-corrected chi connectivity index (χ4v) is 4.37. The zero-order chi connectivity index (χ0) is 24.6. The van der Waals surface area contributed by atoms with Crippen molar-refractivity contribution < 1.29 is 18.8 Å². The number of hydrogen-bond acceptors (Lipinski definition) is 6. The van der Waals surface area contributed by atoms with Gasteiger partial charge in [-0.1, -0.05) is 34.4 Å². The highest BCUT2D eigenvalue weighted by atomic mass is 35.5. The lowest BCUT2D eigenvalue weighted by Gasteiger charge is -2.24. The highest BCUT2D eigenvalue weighted by molar-refractivity contribution is 6.36. The molecule has 8 nitrogen and oxygen atoms in total. The number of nitrogens with zero attached hydrogens (tertiary/aromatic N) is 3. The summed E-state index contributed by atoms with van der Waals surface area (Å²) in [6.07, 6.45) is 4.27. The monoisotopic (exact) mass is 516 g/mol. The molecule has 4 rings (SSSR count). The summed E-state index contributed by atoms with van der Waals surface area (Å²) in [5.74, 6) is -0.110. The molecule has 0 aliphatic carbocycles. The van der Waals surface area contributed by atoms with Crippen LogP contribution in [0.2, 0.25) is 10.0 Å². The molecule has 3 aromatic rings. The lowest BCUT2D eigenvalue weighted by atomic mass is 10.1. The summed E-state index contributed by atoms with van der Waals surface area (Å²) >= 11 is 12.2. The number of carbonyl (C=O) groups excluding carboxylic acids is 2. The maximum Gasteiger partial charge on any atom is 0.276 e. The third kappa shape index (κ3) is 7.04. The van der Waals surface area contributed by atoms with Crippen LogP contribution in [0, 0.1) is 0 Å². The SMILES string of the molecule is O=C(CCN(C[C@H]1CCCO1)C(=O)c1cc(-c2ccc(Cl)cc2Cl)on1)NCCc1ccccn1. The zero-order valence-electron chi connectivity index (χ0n) is 19.1. The first-order valence-electron chi connectivity index (χ1n) is 11.5. The van der Waals surface area contributed by atoms with Crippen molar-refractivity contribution in [3.63, 3.8) is 0 Å². The number of halogens is 2. The number of benzene rings is 1. The largest absolute Gasteiger partial charge is 0.376 e. The van der Waals surface area contributed by atoms with Gasteiger partial charge in [-0.3, -0.25) is 14.6 Å². The van der Waals surface area contributed by atoms with Crippen molar-refractivity contribution in [3.05, 3.63) is 70.1 Å². The maximum absolute atomic E-state index is 13.3. The summed E-state index contributed by atoms with van der Waals surface area (Å²) in [5.41, 5.74) is 1.63. The van der Waals surface area contributed by atoms with E-state index in [2.05, 4.69) is 15.5 Å². The van der Waals surface area contributed by atoms with Crippen molar-refractivity contribution in [2.24, 2.45) is 0 Å². The molecule has 1 aliphatic heterocycles. The Labute approximate surface area is 213 Å². The fraction of sp³-hybridized carbons (Fsp3) is 0.360. The molecule has 1 atom stereocenters. The molecule has 0 bridgehead atoms. The molecular formula is C25H26Cl2N4O4. The fourth-order valence-electron chi connectivity index (χ4n) is 3.87. The molecule has 10 heteroatoms. The number of aromatic nitrogens is 2. The third-order valence-electron chi connectivity index (χ3n) is 5.70. The van der Waals surface area contributed by atoms with Crippen molar-refractivity contribution in [2.45, 2.75) is 31.8 Å². The zero-order valence-corrected chi connectivity index (χ0v) is 20.6. The Morgan fingerprint density at radius 3 is 2.80 bits per heavy atom. The molecule has 2 amide bonds. The van der Waals surface area contributed by atoms with Gasteiger partial charge in [0, 0.05) is 67.6 Å². The highest BCUT2D eigenvalue weighted by Gasteiger charge is 2.26. The van der Waals surface area contributed by atoms with Crippen molar-refractivity contribution in [1.29, 1.82) is 0 Å². The second kappa shape index (κ2) is 12.2. The van der Waals surface area contributed by atoms with E-state index in [1.54, 1.807) is 35.4 Å². The molecule has 3 heterocycles. The van der Waals surface area contributed by atoms with E-state index in [1.165, 1.54) is 0 Å². The number of ether oxygens (including phenoxy) is 1. The Morgan fingerprint density at radius 1 is 1.17 bits per heavy atom. The van der Waals surface area contributed by atoms with E-state index in [9.17, 15) is 9.59 Å². The van der Waals surface area contributed by atoms with E-state index < -0.39 is 0 Å². The number of hydrogen-bond donors (Lipinski definition) is 1. The van der Waals surface area contributed by atoms with E-state index in [0.717, 1.165) is 18.5 Å². The number of pyridine rings is 1. The van der Waals surface area contributed by atoms with Gasteiger partial charge in [0.1, 0.15) is 0 Å². The summed E-state index contributed by atoms with van der Waals surface area (Å²) < 4.78 is 11.1. The van der Waals surface area contributed by atoms with Crippen LogP contribution >= 0.6 is 23.2 Å². The number of nitrogens with one attached hydrogen (secondary N) is 1. The van der Waals surface area contributed by atoms with Gasteiger partial charge in [-0.2, -0.15) is 0 Å². The summed E-state index contributed by atoms with van der Waals surface area (Å²) in [5, 5.41) is 7.73. The van der Waals surface area contributed by atoms with Gasteiger partial charge < -0.3 is 19.5 Å². The number of rotatable bonds is 10. The second-order valence-electron chi connectivity index (χ2n) is 8.26. The van der Waals surface area contributed by atoms with Crippen LogP contribution in [0.3, 0.4) is 0 Å². The standard InChI is InChI=1S/C25H26Cl2N4O4/c26-17-6-7-20(21(27)14-17)23-15-22(30-35-23)25(33)31(16-19-5-3-13-34-19)12-9-24(32)29-11-8-18-4-1-2-10-28-18/h1-2,4,6-7,10,14-15,19H,3,5,8-9,11-13,16H2,(H,29,32)/t19-/m1/s1.